The molecule has 1 aromatic carbocycles. The monoisotopic (exact) mass is 398 g/mol. The predicted octanol–water partition coefficient (Wildman–Crippen LogP) is 1.88. The highest BCUT2D eigenvalue weighted by Gasteiger charge is 2.30. The molecule has 27 heavy (non-hydrogen) atoms. The molecule has 0 bridgehead atoms. The third-order valence-corrected chi connectivity index (χ3v) is 6.90. The first-order chi connectivity index (χ1) is 12.7. The minimum atomic E-state index is -3.18. The maximum Gasteiger partial charge on any atom is 0.317 e. The minimum Gasteiger partial charge on any atom is -0.492 e. The van der Waals surface area contributed by atoms with E-state index in [0.29, 0.717) is 39.1 Å². The highest BCUT2D eigenvalue weighted by Crippen LogP contribution is 2.21. The third kappa shape index (κ3) is 6.19. The molecule has 0 spiro atoms. The molecule has 1 saturated heterocycles. The zero-order chi connectivity index (χ0) is 20.0. The van der Waals surface area contributed by atoms with Crippen LogP contribution in [0.15, 0.2) is 18.2 Å². The lowest BCUT2D eigenvalue weighted by Crippen LogP contribution is -2.49. The van der Waals surface area contributed by atoms with E-state index in [4.69, 9.17) is 4.74 Å². The maximum atomic E-state index is 12.0. The number of nitrogens with zero attached hydrogens (tertiary/aromatic N) is 2. The van der Waals surface area contributed by atoms with Crippen LogP contribution in [0.4, 0.5) is 0 Å². The molecule has 7 nitrogen and oxygen atoms in total. The van der Waals surface area contributed by atoms with Gasteiger partial charge in [0.2, 0.25) is 10.0 Å². The molecular formula is C19H30N2O5S. The first kappa shape index (κ1) is 21.7. The molecule has 0 aliphatic carbocycles. The second kappa shape index (κ2) is 9.52. The molecule has 0 radical (unpaired) electrons. The second-order valence-corrected chi connectivity index (χ2v) is 9.27. The van der Waals surface area contributed by atoms with Gasteiger partial charge in [-0.25, -0.2) is 12.7 Å². The van der Waals surface area contributed by atoms with Crippen molar-refractivity contribution in [3.05, 3.63) is 29.3 Å². The Morgan fingerprint density at radius 1 is 1.30 bits per heavy atom. The summed E-state index contributed by atoms with van der Waals surface area (Å²) in [6, 6.07) is 6.05. The van der Waals surface area contributed by atoms with Gasteiger partial charge in [-0.2, -0.15) is 0 Å². The number of rotatable bonds is 9. The third-order valence-electron chi connectivity index (χ3n) is 5.02. The summed E-state index contributed by atoms with van der Waals surface area (Å²) >= 11 is 0. The van der Waals surface area contributed by atoms with Gasteiger partial charge in [0.05, 0.1) is 12.3 Å². The largest absolute Gasteiger partial charge is 0.492 e. The van der Waals surface area contributed by atoms with E-state index >= 15 is 0 Å². The SMILES string of the molecule is CCS(=O)(=O)N1CCC(N(CCOc2cc(C)ccc2C)CC(=O)O)CC1. The van der Waals surface area contributed by atoms with E-state index < -0.39 is 16.0 Å². The topological polar surface area (TPSA) is 87.2 Å². The van der Waals surface area contributed by atoms with Gasteiger partial charge in [0.1, 0.15) is 12.4 Å². The smallest absolute Gasteiger partial charge is 0.317 e. The Labute approximate surface area is 162 Å². The number of hydrogen-bond donors (Lipinski definition) is 1. The van der Waals surface area contributed by atoms with E-state index in [1.807, 2.05) is 36.9 Å². The summed E-state index contributed by atoms with van der Waals surface area (Å²) in [4.78, 5) is 13.2. The van der Waals surface area contributed by atoms with Crippen LogP contribution in [0, 0.1) is 13.8 Å². The fourth-order valence-electron chi connectivity index (χ4n) is 3.37. The molecule has 1 N–H and O–H groups in total. The van der Waals surface area contributed by atoms with Crippen molar-refractivity contribution in [3.63, 3.8) is 0 Å². The van der Waals surface area contributed by atoms with Crippen LogP contribution in [0.25, 0.3) is 0 Å². The summed E-state index contributed by atoms with van der Waals surface area (Å²) in [5.74, 6) is 0.0275. The number of hydrogen-bond acceptors (Lipinski definition) is 5. The van der Waals surface area contributed by atoms with Crippen molar-refractivity contribution in [3.8, 4) is 5.75 Å². The van der Waals surface area contributed by atoms with Crippen LogP contribution in [0.5, 0.6) is 5.75 Å². The van der Waals surface area contributed by atoms with Gasteiger partial charge in [0, 0.05) is 25.7 Å². The van der Waals surface area contributed by atoms with Gasteiger partial charge in [-0.15, -0.1) is 0 Å². The number of piperidine rings is 1. The van der Waals surface area contributed by atoms with Crippen LogP contribution >= 0.6 is 0 Å². The molecule has 0 atom stereocenters. The first-order valence-electron chi connectivity index (χ1n) is 9.36. The number of sulfonamides is 1. The lowest BCUT2D eigenvalue weighted by atomic mass is 10.0. The molecule has 1 aliphatic rings. The average Bonchev–Trinajstić information content (AvgIpc) is 2.63. The normalized spacial score (nSPS) is 16.6. The highest BCUT2D eigenvalue weighted by molar-refractivity contribution is 7.89. The number of ether oxygens (including phenoxy) is 1. The van der Waals surface area contributed by atoms with E-state index in [0.717, 1.165) is 16.9 Å². The van der Waals surface area contributed by atoms with Gasteiger partial charge >= 0.3 is 5.97 Å². The number of benzene rings is 1. The van der Waals surface area contributed by atoms with Crippen LogP contribution in [-0.4, -0.2) is 73.3 Å². The predicted molar refractivity (Wildman–Crippen MR) is 105 cm³/mol. The van der Waals surface area contributed by atoms with Crippen molar-refractivity contribution < 1.29 is 23.1 Å². The van der Waals surface area contributed by atoms with E-state index in [9.17, 15) is 18.3 Å². The molecular weight excluding hydrogens is 368 g/mol. The minimum absolute atomic E-state index is 0.0478. The lowest BCUT2D eigenvalue weighted by Gasteiger charge is -2.37. The molecule has 0 unspecified atom stereocenters. The summed E-state index contributed by atoms with van der Waals surface area (Å²) in [5.41, 5.74) is 2.16. The van der Waals surface area contributed by atoms with Crippen molar-refractivity contribution in [2.45, 2.75) is 39.7 Å². The Kier molecular flexibility index (Phi) is 7.64. The molecule has 1 fully saturated rings. The highest BCUT2D eigenvalue weighted by atomic mass is 32.2. The van der Waals surface area contributed by atoms with E-state index in [2.05, 4.69) is 0 Å². The Morgan fingerprint density at radius 2 is 1.96 bits per heavy atom. The fraction of sp³-hybridized carbons (Fsp3) is 0.632. The Balaban J connectivity index is 1.93. The summed E-state index contributed by atoms with van der Waals surface area (Å²) in [5, 5.41) is 9.24. The summed E-state index contributed by atoms with van der Waals surface area (Å²) in [6.07, 6.45) is 1.27. The number of carboxylic acids is 1. The van der Waals surface area contributed by atoms with Gasteiger partial charge in [0.25, 0.3) is 0 Å². The first-order valence-corrected chi connectivity index (χ1v) is 11.0. The zero-order valence-electron chi connectivity index (χ0n) is 16.3. The van der Waals surface area contributed by atoms with Crippen LogP contribution in [0.3, 0.4) is 0 Å². The molecule has 1 aromatic rings. The lowest BCUT2D eigenvalue weighted by molar-refractivity contribution is -0.139. The molecule has 0 amide bonds. The van der Waals surface area contributed by atoms with E-state index in [-0.39, 0.29) is 18.3 Å². The maximum absolute atomic E-state index is 12.0. The van der Waals surface area contributed by atoms with E-state index in [1.165, 1.54) is 4.31 Å². The van der Waals surface area contributed by atoms with Gasteiger partial charge in [-0.1, -0.05) is 12.1 Å². The zero-order valence-corrected chi connectivity index (χ0v) is 17.2. The van der Waals surface area contributed by atoms with Crippen LogP contribution in [-0.2, 0) is 14.8 Å². The molecule has 0 saturated carbocycles. The van der Waals surface area contributed by atoms with Crippen molar-refractivity contribution in [1.29, 1.82) is 0 Å². The van der Waals surface area contributed by atoms with Crippen molar-refractivity contribution in [2.24, 2.45) is 0 Å². The molecule has 2 rings (SSSR count). The molecule has 0 aromatic heterocycles. The molecule has 152 valence electrons. The Bertz CT molecular complexity index is 742. The van der Waals surface area contributed by atoms with E-state index in [1.54, 1.807) is 6.92 Å². The quantitative estimate of drug-likeness (QED) is 0.683. The molecule has 8 heteroatoms. The summed E-state index contributed by atoms with van der Waals surface area (Å²) < 4.78 is 31.4. The van der Waals surface area contributed by atoms with Gasteiger partial charge in [-0.05, 0) is 50.8 Å². The second-order valence-electron chi connectivity index (χ2n) is 7.01. The van der Waals surface area contributed by atoms with Crippen LogP contribution in [0.2, 0.25) is 0 Å². The van der Waals surface area contributed by atoms with Crippen LogP contribution < -0.4 is 4.74 Å². The average molecular weight is 399 g/mol. The standard InChI is InChI=1S/C19H30N2O5S/c1-4-27(24,25)21-9-7-17(8-10-21)20(14-19(22)23)11-12-26-18-13-15(2)5-6-16(18)3/h5-6,13,17H,4,7-12,14H2,1-3H3,(H,22,23). The van der Waals surface area contributed by atoms with Crippen LogP contribution in [0.1, 0.15) is 30.9 Å². The number of aliphatic carboxylic acids is 1. The van der Waals surface area contributed by atoms with Gasteiger partial charge in [-0.3, -0.25) is 9.69 Å². The summed E-state index contributed by atoms with van der Waals surface area (Å²) in [7, 11) is -3.18. The number of carbonyl (C=O) groups is 1. The van der Waals surface area contributed by atoms with Crippen molar-refractivity contribution in [2.75, 3.05) is 38.5 Å². The fourth-order valence-corrected chi connectivity index (χ4v) is 4.50. The number of aryl methyl sites for hydroxylation is 2. The molecule has 1 heterocycles. The van der Waals surface area contributed by atoms with Crippen molar-refractivity contribution in [1.82, 2.24) is 9.21 Å². The van der Waals surface area contributed by atoms with Gasteiger partial charge in [0.15, 0.2) is 0 Å². The molecule has 1 aliphatic heterocycles. The summed E-state index contributed by atoms with van der Waals surface area (Å²) in [6.45, 7) is 7.32. The number of carboxylic acid groups (broad SMARTS) is 1. The van der Waals surface area contributed by atoms with Gasteiger partial charge < -0.3 is 9.84 Å². The van der Waals surface area contributed by atoms with Crippen molar-refractivity contribution >= 4 is 16.0 Å². The Morgan fingerprint density at radius 3 is 2.56 bits per heavy atom. The Hall–Kier alpha value is -1.64.